The molecule has 0 radical (unpaired) electrons. The van der Waals surface area contributed by atoms with E-state index in [1.54, 1.807) is 6.26 Å². The number of nitrogens with one attached hydrogen (secondary N) is 1. The summed E-state index contributed by atoms with van der Waals surface area (Å²) in [6.45, 7) is 9.44. The lowest BCUT2D eigenvalue weighted by Crippen LogP contribution is -2.22. The van der Waals surface area contributed by atoms with Gasteiger partial charge in [0.1, 0.15) is 11.3 Å². The lowest BCUT2D eigenvalue weighted by atomic mass is 9.92. The maximum Gasteiger partial charge on any atom is 0.117 e. The summed E-state index contributed by atoms with van der Waals surface area (Å²) >= 11 is 0. The quantitative estimate of drug-likeness (QED) is 0.441. The number of aromatic nitrogens is 2. The normalized spacial score (nSPS) is 12.6. The Morgan fingerprint density at radius 2 is 1.83 bits per heavy atom. The largest absolute Gasteiger partial charge is 0.468 e. The summed E-state index contributed by atoms with van der Waals surface area (Å²) < 4.78 is 7.53. The molecule has 150 valence electrons. The lowest BCUT2D eigenvalue weighted by Gasteiger charge is -2.17. The monoisotopic (exact) mass is 387 g/mol. The van der Waals surface area contributed by atoms with E-state index in [0.29, 0.717) is 6.54 Å². The average molecular weight is 388 g/mol. The summed E-state index contributed by atoms with van der Waals surface area (Å²) in [7, 11) is 2.05. The van der Waals surface area contributed by atoms with E-state index in [1.807, 2.05) is 23.9 Å². The summed E-state index contributed by atoms with van der Waals surface area (Å²) in [5.74, 6) is 0.946. The maximum absolute atomic E-state index is 5.49. The average Bonchev–Trinajstić information content (AvgIpc) is 3.30. The molecule has 0 aliphatic carbocycles. The van der Waals surface area contributed by atoms with Crippen LogP contribution in [-0.4, -0.2) is 9.78 Å². The zero-order valence-electron chi connectivity index (χ0n) is 17.9. The summed E-state index contributed by atoms with van der Waals surface area (Å²) in [4.78, 5) is 0. The van der Waals surface area contributed by atoms with Crippen LogP contribution in [0.2, 0.25) is 0 Å². The van der Waals surface area contributed by atoms with Crippen molar-refractivity contribution in [3.8, 4) is 11.1 Å². The Morgan fingerprint density at radius 1 is 1.07 bits per heavy atom. The van der Waals surface area contributed by atoms with E-state index in [-0.39, 0.29) is 6.04 Å². The number of rotatable bonds is 6. The zero-order valence-corrected chi connectivity index (χ0v) is 17.9. The van der Waals surface area contributed by atoms with Gasteiger partial charge in [0.2, 0.25) is 0 Å². The molecule has 29 heavy (non-hydrogen) atoms. The minimum atomic E-state index is 0.200. The Bertz CT molecular complexity index is 1120. The number of aryl methyl sites for hydroxylation is 4. The molecule has 4 rings (SSSR count). The van der Waals surface area contributed by atoms with E-state index in [0.717, 1.165) is 17.7 Å². The van der Waals surface area contributed by atoms with Crippen molar-refractivity contribution in [1.29, 1.82) is 0 Å². The smallest absolute Gasteiger partial charge is 0.117 e. The molecule has 2 aromatic heterocycles. The van der Waals surface area contributed by atoms with Crippen LogP contribution in [0.4, 0.5) is 0 Å². The molecule has 0 bridgehead atoms. The highest BCUT2D eigenvalue weighted by Gasteiger charge is 2.21. The van der Waals surface area contributed by atoms with Crippen molar-refractivity contribution in [3.63, 3.8) is 0 Å². The number of hydrogen-bond acceptors (Lipinski definition) is 3. The second-order valence-electron chi connectivity index (χ2n) is 7.91. The molecule has 1 atom stereocenters. The van der Waals surface area contributed by atoms with Crippen LogP contribution >= 0.6 is 0 Å². The van der Waals surface area contributed by atoms with Crippen LogP contribution in [0.25, 0.3) is 22.0 Å². The van der Waals surface area contributed by atoms with E-state index in [2.05, 4.69) is 63.3 Å². The highest BCUT2D eigenvalue weighted by Crippen LogP contribution is 2.36. The number of hydrogen-bond donors (Lipinski definition) is 1. The third-order valence-corrected chi connectivity index (χ3v) is 5.70. The molecule has 4 heteroatoms. The fraction of sp³-hybridized carbons (Fsp3) is 0.320. The molecule has 0 spiro atoms. The first-order valence-corrected chi connectivity index (χ1v) is 10.3. The Labute approximate surface area is 172 Å². The Hall–Kier alpha value is -2.85. The van der Waals surface area contributed by atoms with Gasteiger partial charge in [-0.15, -0.1) is 0 Å². The molecule has 4 nitrogen and oxygen atoms in total. The zero-order chi connectivity index (χ0) is 20.5. The molecule has 1 N–H and O–H groups in total. The van der Waals surface area contributed by atoms with Crippen molar-refractivity contribution in [1.82, 2.24) is 15.1 Å². The van der Waals surface area contributed by atoms with E-state index in [9.17, 15) is 0 Å². The van der Waals surface area contributed by atoms with E-state index in [1.165, 1.54) is 38.9 Å². The van der Waals surface area contributed by atoms with Crippen molar-refractivity contribution in [2.45, 2.75) is 46.7 Å². The highest BCUT2D eigenvalue weighted by atomic mass is 16.3. The van der Waals surface area contributed by atoms with Crippen LogP contribution < -0.4 is 5.32 Å². The van der Waals surface area contributed by atoms with E-state index < -0.39 is 0 Å². The molecule has 2 aromatic carbocycles. The van der Waals surface area contributed by atoms with E-state index >= 15 is 0 Å². The van der Waals surface area contributed by atoms with Crippen LogP contribution in [0.5, 0.6) is 0 Å². The van der Waals surface area contributed by atoms with Crippen molar-refractivity contribution >= 4 is 10.9 Å². The first-order valence-electron chi connectivity index (χ1n) is 10.3. The van der Waals surface area contributed by atoms with Crippen LogP contribution in [0.1, 0.15) is 47.5 Å². The van der Waals surface area contributed by atoms with Crippen LogP contribution in [0.15, 0.2) is 53.1 Å². The van der Waals surface area contributed by atoms with Gasteiger partial charge in [-0.25, -0.2) is 0 Å². The lowest BCUT2D eigenvalue weighted by molar-refractivity contribution is 0.431. The van der Waals surface area contributed by atoms with Gasteiger partial charge in [0, 0.05) is 24.0 Å². The third-order valence-electron chi connectivity index (χ3n) is 5.70. The summed E-state index contributed by atoms with van der Waals surface area (Å²) in [6, 6.07) is 15.2. The topological polar surface area (TPSA) is 43.0 Å². The highest BCUT2D eigenvalue weighted by molar-refractivity contribution is 5.97. The van der Waals surface area contributed by atoms with Gasteiger partial charge in [-0.05, 0) is 56.0 Å². The number of fused-ring (bicyclic) bond motifs is 1. The van der Waals surface area contributed by atoms with Gasteiger partial charge in [-0.2, -0.15) is 5.10 Å². The van der Waals surface area contributed by atoms with Gasteiger partial charge < -0.3 is 9.73 Å². The van der Waals surface area contributed by atoms with Gasteiger partial charge in [-0.3, -0.25) is 4.68 Å². The Morgan fingerprint density at radius 3 is 2.48 bits per heavy atom. The molecule has 1 unspecified atom stereocenters. The van der Waals surface area contributed by atoms with Crippen molar-refractivity contribution in [3.05, 3.63) is 76.9 Å². The van der Waals surface area contributed by atoms with Gasteiger partial charge in [0.25, 0.3) is 0 Å². The first kappa shape index (κ1) is 19.5. The number of furan rings is 1. The number of nitrogens with zero attached hydrogens (tertiary/aromatic N) is 2. The Kier molecular flexibility index (Phi) is 5.29. The van der Waals surface area contributed by atoms with Gasteiger partial charge in [-0.1, -0.05) is 42.8 Å². The van der Waals surface area contributed by atoms with Crippen molar-refractivity contribution in [2.75, 3.05) is 0 Å². The fourth-order valence-corrected chi connectivity index (χ4v) is 4.53. The summed E-state index contributed by atoms with van der Waals surface area (Å²) in [5.41, 5.74) is 8.68. The van der Waals surface area contributed by atoms with Gasteiger partial charge in [0.05, 0.1) is 18.5 Å². The van der Waals surface area contributed by atoms with E-state index in [4.69, 9.17) is 9.52 Å². The second-order valence-corrected chi connectivity index (χ2v) is 7.91. The molecule has 0 saturated carbocycles. The van der Waals surface area contributed by atoms with Crippen LogP contribution in [-0.2, 0) is 13.6 Å². The first-order chi connectivity index (χ1) is 14.0. The predicted octanol–water partition coefficient (Wildman–Crippen LogP) is 6.00. The molecular weight excluding hydrogens is 358 g/mol. The molecule has 4 aromatic rings. The van der Waals surface area contributed by atoms with Gasteiger partial charge in [0.15, 0.2) is 0 Å². The number of benzene rings is 2. The molecular formula is C25H29N3O. The minimum absolute atomic E-state index is 0.200. The maximum atomic E-state index is 5.49. The Balaban J connectivity index is 1.80. The van der Waals surface area contributed by atoms with Crippen LogP contribution in [0, 0.1) is 20.8 Å². The van der Waals surface area contributed by atoms with Crippen molar-refractivity contribution < 1.29 is 4.42 Å². The molecule has 0 aliphatic heterocycles. The molecule has 0 aliphatic rings. The summed E-state index contributed by atoms with van der Waals surface area (Å²) in [5, 5.41) is 9.81. The fourth-order valence-electron chi connectivity index (χ4n) is 4.53. The minimum Gasteiger partial charge on any atom is -0.468 e. The molecule has 0 fully saturated rings. The molecule has 0 saturated heterocycles. The third kappa shape index (κ3) is 3.60. The van der Waals surface area contributed by atoms with Crippen molar-refractivity contribution in [2.24, 2.45) is 7.05 Å². The standard InChI is InChI=1S/C25H29N3O/c1-6-22(26-15-19-9-8-12-29-19)25-21-11-7-10-20(24(21)27-28(25)5)23-17(3)13-16(2)14-18(23)4/h7-14,22,26H,6,15H2,1-5H3. The van der Waals surface area contributed by atoms with Gasteiger partial charge >= 0.3 is 0 Å². The molecule has 2 heterocycles. The SMILES string of the molecule is CCC(NCc1ccco1)c1c2cccc(-c3c(C)cc(C)cc3C)c2nn1C. The predicted molar refractivity (Wildman–Crippen MR) is 119 cm³/mol. The molecule has 0 amide bonds. The van der Waals surface area contributed by atoms with Crippen LogP contribution in [0.3, 0.4) is 0 Å². The second kappa shape index (κ2) is 7.88. The summed E-state index contributed by atoms with van der Waals surface area (Å²) in [6.07, 6.45) is 2.69.